The van der Waals surface area contributed by atoms with Crippen LogP contribution in [0.25, 0.3) is 11.2 Å². The van der Waals surface area contributed by atoms with Crippen LogP contribution in [0.2, 0.25) is 0 Å². The highest BCUT2D eigenvalue weighted by atomic mass is 16.6. The molecule has 0 spiro atoms. The quantitative estimate of drug-likeness (QED) is 0.604. The molecule has 0 saturated heterocycles. The molecule has 132 valence electrons. The number of ether oxygens (including phenoxy) is 2. The van der Waals surface area contributed by atoms with Gasteiger partial charge in [0, 0.05) is 0 Å². The average molecular weight is 339 g/mol. The van der Waals surface area contributed by atoms with Gasteiger partial charge in [-0.2, -0.15) is 4.98 Å². The molecule has 0 aliphatic heterocycles. The Morgan fingerprint density at radius 1 is 1.50 bits per heavy atom. The number of rotatable bonds is 6. The lowest BCUT2D eigenvalue weighted by atomic mass is 9.97. The molecule has 0 fully saturated rings. The number of nitrogen functional groups attached to an aromatic ring is 1. The van der Waals surface area contributed by atoms with Crippen molar-refractivity contribution >= 4 is 23.1 Å². The van der Waals surface area contributed by atoms with Crippen LogP contribution in [0.4, 0.5) is 5.95 Å². The van der Waals surface area contributed by atoms with E-state index in [9.17, 15) is 14.7 Å². The summed E-state index contributed by atoms with van der Waals surface area (Å²) in [4.78, 5) is 33.7. The number of nitrogens with two attached hydrogens (primary N) is 1. The number of aromatic amines is 1. The molecule has 2 heterocycles. The van der Waals surface area contributed by atoms with Crippen molar-refractivity contribution in [2.75, 3.05) is 18.9 Å². The summed E-state index contributed by atoms with van der Waals surface area (Å²) >= 11 is 0. The van der Waals surface area contributed by atoms with Gasteiger partial charge in [-0.1, -0.05) is 0 Å². The van der Waals surface area contributed by atoms with Gasteiger partial charge in [0.05, 0.1) is 18.3 Å². The van der Waals surface area contributed by atoms with Gasteiger partial charge in [0.25, 0.3) is 5.56 Å². The number of aromatic nitrogens is 4. The van der Waals surface area contributed by atoms with Gasteiger partial charge in [0.15, 0.2) is 11.2 Å². The van der Waals surface area contributed by atoms with Crippen molar-refractivity contribution in [3.63, 3.8) is 0 Å². The number of hydrogen-bond acceptors (Lipinski definition) is 8. The fourth-order valence-corrected chi connectivity index (χ4v) is 1.79. The van der Waals surface area contributed by atoms with Crippen LogP contribution in [0.5, 0.6) is 0 Å². The summed E-state index contributed by atoms with van der Waals surface area (Å²) in [6.07, 6.45) is 0.662. The lowest BCUT2D eigenvalue weighted by Crippen LogP contribution is -2.31. The van der Waals surface area contributed by atoms with Crippen molar-refractivity contribution in [3.05, 3.63) is 16.7 Å². The third kappa shape index (κ3) is 4.09. The monoisotopic (exact) mass is 339 g/mol. The predicted octanol–water partition coefficient (Wildman–Crippen LogP) is -0.374. The van der Waals surface area contributed by atoms with Gasteiger partial charge in [0.2, 0.25) is 5.95 Å². The maximum Gasteiger partial charge on any atom is 0.311 e. The smallest absolute Gasteiger partial charge is 0.311 e. The number of aliphatic hydroxyl groups excluding tert-OH is 1. The highest BCUT2D eigenvalue weighted by Crippen LogP contribution is 2.15. The zero-order valence-electron chi connectivity index (χ0n) is 13.8. The van der Waals surface area contributed by atoms with E-state index in [1.54, 1.807) is 20.8 Å². The molecule has 4 N–H and O–H groups in total. The molecule has 2 aromatic rings. The van der Waals surface area contributed by atoms with Crippen molar-refractivity contribution in [2.24, 2.45) is 5.41 Å². The molecule has 0 aliphatic carbocycles. The highest BCUT2D eigenvalue weighted by molar-refractivity contribution is 5.75. The summed E-state index contributed by atoms with van der Waals surface area (Å²) in [7, 11) is 0. The summed E-state index contributed by atoms with van der Waals surface area (Å²) in [5.74, 6) is -0.425. The normalized spacial score (nSPS) is 13.2. The van der Waals surface area contributed by atoms with Crippen LogP contribution in [0.15, 0.2) is 11.1 Å². The number of carbonyl (C=O) groups is 1. The first-order valence-corrected chi connectivity index (χ1v) is 7.32. The van der Waals surface area contributed by atoms with E-state index in [-0.39, 0.29) is 37.1 Å². The van der Waals surface area contributed by atoms with Crippen molar-refractivity contribution in [3.8, 4) is 0 Å². The first-order chi connectivity index (χ1) is 11.2. The topological polar surface area (TPSA) is 145 Å². The van der Waals surface area contributed by atoms with Gasteiger partial charge in [-0.3, -0.25) is 19.1 Å². The van der Waals surface area contributed by atoms with Gasteiger partial charge in [-0.05, 0) is 20.8 Å². The van der Waals surface area contributed by atoms with E-state index in [2.05, 4.69) is 15.0 Å². The molecule has 0 bridgehead atoms. The Morgan fingerprint density at radius 2 is 2.21 bits per heavy atom. The molecular weight excluding hydrogens is 318 g/mol. The third-order valence-corrected chi connectivity index (χ3v) is 3.16. The summed E-state index contributed by atoms with van der Waals surface area (Å²) in [6, 6.07) is 0. The maximum atomic E-state index is 11.7. The first kappa shape index (κ1) is 17.9. The second kappa shape index (κ2) is 6.97. The fourth-order valence-electron chi connectivity index (χ4n) is 1.79. The number of esters is 1. The van der Waals surface area contributed by atoms with Crippen molar-refractivity contribution in [2.45, 2.75) is 33.6 Å². The number of fused-ring (bicyclic) bond motifs is 1. The van der Waals surface area contributed by atoms with E-state index in [0.717, 1.165) is 0 Å². The summed E-state index contributed by atoms with van der Waals surface area (Å²) in [6.45, 7) is 4.74. The van der Waals surface area contributed by atoms with Crippen molar-refractivity contribution < 1.29 is 19.4 Å². The minimum atomic E-state index is -0.715. The SMILES string of the molecule is CC(C)(C)C(=O)OCC(CO)OCn1cnc2c(=O)[nH]c(N)nc21. The molecule has 2 aromatic heterocycles. The maximum absolute atomic E-state index is 11.7. The van der Waals surface area contributed by atoms with Crippen LogP contribution in [0, 0.1) is 5.41 Å². The zero-order valence-corrected chi connectivity index (χ0v) is 13.8. The number of hydrogen-bond donors (Lipinski definition) is 3. The van der Waals surface area contributed by atoms with E-state index in [1.165, 1.54) is 10.9 Å². The van der Waals surface area contributed by atoms with E-state index >= 15 is 0 Å². The number of imidazole rings is 1. The molecule has 0 saturated carbocycles. The second-order valence-corrected chi connectivity index (χ2v) is 6.29. The summed E-state index contributed by atoms with van der Waals surface area (Å²) < 4.78 is 12.1. The van der Waals surface area contributed by atoms with Gasteiger partial charge < -0.3 is 20.3 Å². The number of aliphatic hydroxyl groups is 1. The predicted molar refractivity (Wildman–Crippen MR) is 84.9 cm³/mol. The van der Waals surface area contributed by atoms with Crippen molar-refractivity contribution in [1.82, 2.24) is 19.5 Å². The van der Waals surface area contributed by atoms with Gasteiger partial charge >= 0.3 is 5.97 Å². The molecule has 2 rings (SSSR count). The fraction of sp³-hybridized carbons (Fsp3) is 0.571. The Kier molecular flexibility index (Phi) is 5.20. The number of anilines is 1. The Morgan fingerprint density at radius 3 is 2.83 bits per heavy atom. The van der Waals surface area contributed by atoms with E-state index in [1.807, 2.05) is 0 Å². The molecule has 0 aromatic carbocycles. The molecule has 0 radical (unpaired) electrons. The first-order valence-electron chi connectivity index (χ1n) is 7.32. The summed E-state index contributed by atoms with van der Waals surface area (Å²) in [5, 5.41) is 9.34. The number of H-pyrrole nitrogens is 1. The van der Waals surface area contributed by atoms with Crippen LogP contribution in [0.1, 0.15) is 20.8 Å². The van der Waals surface area contributed by atoms with Crippen LogP contribution < -0.4 is 11.3 Å². The largest absolute Gasteiger partial charge is 0.462 e. The molecule has 10 nitrogen and oxygen atoms in total. The highest BCUT2D eigenvalue weighted by Gasteiger charge is 2.24. The lowest BCUT2D eigenvalue weighted by molar-refractivity contribution is -0.159. The van der Waals surface area contributed by atoms with Crippen molar-refractivity contribution in [1.29, 1.82) is 0 Å². The molecular formula is C14H21N5O5. The van der Waals surface area contributed by atoms with E-state index in [4.69, 9.17) is 15.2 Å². The zero-order chi connectivity index (χ0) is 17.9. The Bertz CT molecular complexity index is 776. The average Bonchev–Trinajstić information content (AvgIpc) is 2.89. The standard InChI is InChI=1S/C14H21N5O5/c1-14(2,3)12(22)23-5-8(4-20)24-7-19-6-16-9-10(19)17-13(15)18-11(9)21/h6,8,20H,4-5,7H2,1-3H3,(H3,15,17,18,21). The molecule has 0 amide bonds. The molecule has 24 heavy (non-hydrogen) atoms. The second-order valence-electron chi connectivity index (χ2n) is 6.29. The lowest BCUT2D eigenvalue weighted by Gasteiger charge is -2.20. The van der Waals surface area contributed by atoms with E-state index in [0.29, 0.717) is 0 Å². The van der Waals surface area contributed by atoms with Gasteiger partial charge in [-0.25, -0.2) is 4.98 Å². The van der Waals surface area contributed by atoms with Gasteiger partial charge in [-0.15, -0.1) is 0 Å². The van der Waals surface area contributed by atoms with Gasteiger partial charge in [0.1, 0.15) is 19.4 Å². The molecule has 10 heteroatoms. The minimum Gasteiger partial charge on any atom is -0.462 e. The molecule has 0 aliphatic rings. The van der Waals surface area contributed by atoms with Crippen LogP contribution in [-0.4, -0.2) is 49.9 Å². The Hall–Kier alpha value is -2.46. The minimum absolute atomic E-state index is 0.0351. The number of nitrogens with one attached hydrogen (secondary N) is 1. The van der Waals surface area contributed by atoms with Crippen LogP contribution >= 0.6 is 0 Å². The number of carbonyl (C=O) groups excluding carboxylic acids is 1. The Balaban J connectivity index is 2.01. The van der Waals surface area contributed by atoms with Crippen LogP contribution in [-0.2, 0) is 21.0 Å². The third-order valence-electron chi connectivity index (χ3n) is 3.16. The molecule has 1 unspecified atom stereocenters. The number of nitrogens with zero attached hydrogens (tertiary/aromatic N) is 3. The van der Waals surface area contributed by atoms with E-state index < -0.39 is 23.0 Å². The van der Waals surface area contributed by atoms with Crippen LogP contribution in [0.3, 0.4) is 0 Å². The Labute approximate surface area is 137 Å². The molecule has 1 atom stereocenters. The summed E-state index contributed by atoms with van der Waals surface area (Å²) in [5.41, 5.74) is 4.82.